The fraction of sp³-hybridized carbons (Fsp3) is 0.179. The molecule has 1 aliphatic carbocycles. The molecule has 0 heterocycles. The van der Waals surface area contributed by atoms with Gasteiger partial charge in [-0.15, -0.1) is 0 Å². The van der Waals surface area contributed by atoms with Gasteiger partial charge in [0.2, 0.25) is 0 Å². The van der Waals surface area contributed by atoms with E-state index in [1.54, 1.807) is 5.80 Å². The standard InChI is InChI=1S/C22H21O2P.C6H7ClO/c1-2-24-22(23)18-25(19-12-6-3-7-13-19,20-14-8-4-9-15-20)21-16-10-5-11-17-21;7-6-3-1-2-5(6)4-8/h3-18H,2H2,1H3;4H,1-3H2. The van der Waals surface area contributed by atoms with Gasteiger partial charge >= 0.3 is 5.97 Å². The number of hydrogen-bond donors (Lipinski definition) is 0. The van der Waals surface area contributed by atoms with E-state index in [0.29, 0.717) is 6.61 Å². The largest absolute Gasteiger partial charge is 0.463 e. The summed E-state index contributed by atoms with van der Waals surface area (Å²) in [5, 5.41) is 4.18. The summed E-state index contributed by atoms with van der Waals surface area (Å²) in [5.41, 5.74) is 0.798. The molecule has 3 aromatic rings. The maximum atomic E-state index is 12.5. The molecule has 0 bridgehead atoms. The van der Waals surface area contributed by atoms with E-state index in [1.807, 2.05) is 61.5 Å². The Kier molecular flexibility index (Phi) is 9.30. The Bertz CT molecular complexity index is 1040. The zero-order valence-electron chi connectivity index (χ0n) is 18.7. The number of aldehydes is 1. The molecule has 3 aromatic carbocycles. The SMILES string of the molecule is CCOC(=O)C=P(c1ccccc1)(c1ccccc1)c1ccccc1.O=CC1=C(Cl)CCC1. The second kappa shape index (κ2) is 12.4. The summed E-state index contributed by atoms with van der Waals surface area (Å²) < 4.78 is 5.30. The number of ether oxygens (including phenoxy) is 1. The second-order valence-electron chi connectivity index (χ2n) is 7.51. The van der Waals surface area contributed by atoms with Crippen LogP contribution in [-0.2, 0) is 14.3 Å². The van der Waals surface area contributed by atoms with Crippen LogP contribution in [0.3, 0.4) is 0 Å². The molecular weight excluding hydrogens is 451 g/mol. The van der Waals surface area contributed by atoms with Crippen molar-refractivity contribution in [3.63, 3.8) is 0 Å². The van der Waals surface area contributed by atoms with Gasteiger partial charge in [0, 0.05) is 16.4 Å². The van der Waals surface area contributed by atoms with Crippen LogP contribution in [0.2, 0.25) is 0 Å². The van der Waals surface area contributed by atoms with E-state index in [2.05, 4.69) is 36.4 Å². The van der Waals surface area contributed by atoms with Crippen LogP contribution >= 0.6 is 18.5 Å². The topological polar surface area (TPSA) is 43.4 Å². The number of halogens is 1. The van der Waals surface area contributed by atoms with Crippen molar-refractivity contribution < 1.29 is 14.3 Å². The summed E-state index contributed by atoms with van der Waals surface area (Å²) >= 11 is 5.63. The second-order valence-corrected chi connectivity index (χ2v) is 11.2. The minimum Gasteiger partial charge on any atom is -0.463 e. The fourth-order valence-corrected chi connectivity index (χ4v) is 7.78. The molecule has 0 N–H and O–H groups in total. The van der Waals surface area contributed by atoms with E-state index in [4.69, 9.17) is 16.3 Å². The summed E-state index contributed by atoms with van der Waals surface area (Å²) in [6, 6.07) is 30.7. The Morgan fingerprint density at radius 2 is 1.30 bits per heavy atom. The van der Waals surface area contributed by atoms with E-state index < -0.39 is 6.89 Å². The van der Waals surface area contributed by atoms with Crippen molar-refractivity contribution in [3.8, 4) is 0 Å². The number of esters is 1. The van der Waals surface area contributed by atoms with Crippen molar-refractivity contribution in [1.82, 2.24) is 0 Å². The van der Waals surface area contributed by atoms with Crippen LogP contribution in [0, 0.1) is 0 Å². The molecule has 0 fully saturated rings. The van der Waals surface area contributed by atoms with Crippen LogP contribution in [0.1, 0.15) is 26.2 Å². The predicted octanol–water partition coefficient (Wildman–Crippen LogP) is 5.21. The highest BCUT2D eigenvalue weighted by Gasteiger charge is 2.26. The molecule has 1 aliphatic rings. The molecule has 0 amide bonds. The molecule has 0 saturated carbocycles. The average Bonchev–Trinajstić information content (AvgIpc) is 3.29. The van der Waals surface area contributed by atoms with Gasteiger partial charge in [0.1, 0.15) is 6.29 Å². The monoisotopic (exact) mass is 478 g/mol. The zero-order valence-corrected chi connectivity index (χ0v) is 20.3. The summed E-state index contributed by atoms with van der Waals surface area (Å²) in [6.45, 7) is -0.0371. The van der Waals surface area contributed by atoms with E-state index in [0.717, 1.165) is 52.1 Å². The lowest BCUT2D eigenvalue weighted by Gasteiger charge is -2.28. The number of carbonyl (C=O) groups is 2. The molecule has 0 aromatic heterocycles. The smallest absolute Gasteiger partial charge is 0.331 e. The van der Waals surface area contributed by atoms with E-state index in [9.17, 15) is 9.59 Å². The average molecular weight is 479 g/mol. The Morgan fingerprint density at radius 3 is 1.61 bits per heavy atom. The quantitative estimate of drug-likeness (QED) is 0.277. The molecule has 0 unspecified atom stereocenters. The lowest BCUT2D eigenvalue weighted by molar-refractivity contribution is -0.134. The van der Waals surface area contributed by atoms with Crippen LogP contribution in [0.4, 0.5) is 0 Å². The normalized spacial score (nSPS) is 13.0. The van der Waals surface area contributed by atoms with Crippen molar-refractivity contribution in [2.45, 2.75) is 26.2 Å². The summed E-state index contributed by atoms with van der Waals surface area (Å²) in [6.07, 6.45) is 3.68. The predicted molar refractivity (Wildman–Crippen MR) is 141 cm³/mol. The maximum Gasteiger partial charge on any atom is 0.331 e. The summed E-state index contributed by atoms with van der Waals surface area (Å²) in [4.78, 5) is 22.6. The number of hydrogen-bond acceptors (Lipinski definition) is 3. The van der Waals surface area contributed by atoms with Crippen molar-refractivity contribution >= 4 is 52.5 Å². The van der Waals surface area contributed by atoms with Gasteiger partial charge in [-0.1, -0.05) is 103 Å². The molecule has 0 atom stereocenters. The van der Waals surface area contributed by atoms with Crippen molar-refractivity contribution in [2.24, 2.45) is 0 Å². The first-order chi connectivity index (χ1) is 16.1. The molecule has 0 radical (unpaired) electrons. The third-order valence-electron chi connectivity index (χ3n) is 5.41. The van der Waals surface area contributed by atoms with Gasteiger partial charge in [-0.05, 0) is 49.0 Å². The van der Waals surface area contributed by atoms with Crippen LogP contribution in [0.15, 0.2) is 102 Å². The molecule has 5 heteroatoms. The van der Waals surface area contributed by atoms with Gasteiger partial charge in [-0.25, -0.2) is 4.79 Å². The third-order valence-corrected chi connectivity index (χ3v) is 9.78. The van der Waals surface area contributed by atoms with Gasteiger partial charge in [0.15, 0.2) is 0 Å². The Balaban J connectivity index is 0.000000323. The van der Waals surface area contributed by atoms with Gasteiger partial charge < -0.3 is 4.74 Å². The molecule has 170 valence electrons. The van der Waals surface area contributed by atoms with Crippen LogP contribution < -0.4 is 15.9 Å². The summed E-state index contributed by atoms with van der Waals surface area (Å²) in [7, 11) is 0. The molecule has 3 nitrogen and oxygen atoms in total. The number of allylic oxidation sites excluding steroid dienone is 2. The highest BCUT2D eigenvalue weighted by Crippen LogP contribution is 2.43. The summed E-state index contributed by atoms with van der Waals surface area (Å²) in [5.74, 6) is 1.53. The molecule has 33 heavy (non-hydrogen) atoms. The first-order valence-electron chi connectivity index (χ1n) is 11.0. The molecule has 0 spiro atoms. The van der Waals surface area contributed by atoms with Crippen molar-refractivity contribution in [1.29, 1.82) is 0 Å². The van der Waals surface area contributed by atoms with Crippen LogP contribution in [-0.4, -0.2) is 24.7 Å². The third kappa shape index (κ3) is 6.13. The number of rotatable bonds is 6. The van der Waals surface area contributed by atoms with E-state index in [1.165, 1.54) is 0 Å². The van der Waals surface area contributed by atoms with Crippen LogP contribution in [0.25, 0.3) is 0 Å². The first-order valence-corrected chi connectivity index (χ1v) is 13.3. The van der Waals surface area contributed by atoms with Crippen molar-refractivity contribution in [2.75, 3.05) is 6.61 Å². The van der Waals surface area contributed by atoms with Gasteiger partial charge in [-0.3, -0.25) is 4.79 Å². The highest BCUT2D eigenvalue weighted by atomic mass is 35.5. The Morgan fingerprint density at radius 1 is 0.848 bits per heavy atom. The molecular formula is C28H28ClO3P. The minimum absolute atomic E-state index is 0.271. The lowest BCUT2D eigenvalue weighted by Crippen LogP contribution is -2.29. The fourth-order valence-electron chi connectivity index (χ4n) is 3.85. The van der Waals surface area contributed by atoms with E-state index >= 15 is 0 Å². The minimum atomic E-state index is -2.24. The van der Waals surface area contributed by atoms with Crippen LogP contribution in [0.5, 0.6) is 0 Å². The van der Waals surface area contributed by atoms with Crippen molar-refractivity contribution in [3.05, 3.63) is 102 Å². The zero-order chi connectivity index (χ0) is 23.5. The number of benzene rings is 3. The Hall–Kier alpha value is -2.87. The molecule has 0 aliphatic heterocycles. The maximum absolute atomic E-state index is 12.5. The molecule has 0 saturated heterocycles. The highest BCUT2D eigenvalue weighted by molar-refractivity contribution is 7.95. The van der Waals surface area contributed by atoms with E-state index in [-0.39, 0.29) is 5.97 Å². The number of carbonyl (C=O) groups excluding carboxylic acids is 2. The van der Waals surface area contributed by atoms with Gasteiger partial charge in [-0.2, -0.15) is 0 Å². The molecule has 4 rings (SSSR count). The van der Waals surface area contributed by atoms with Gasteiger partial charge in [0.25, 0.3) is 0 Å². The lowest BCUT2D eigenvalue weighted by atomic mass is 10.3. The first kappa shape index (κ1) is 24.8. The van der Waals surface area contributed by atoms with Gasteiger partial charge in [0.05, 0.1) is 6.61 Å². The Labute approximate surface area is 201 Å².